The largest absolute Gasteiger partial charge is 0.327 e. The van der Waals surface area contributed by atoms with Crippen LogP contribution in [-0.4, -0.2) is 36.6 Å². The number of hydrogen-bond donors (Lipinski definition) is 0. The van der Waals surface area contributed by atoms with Gasteiger partial charge in [-0.1, -0.05) is 36.4 Å². The SMILES string of the molecule is CCn1ncc2c(C(=O)N(C3CC3)C(C)c3ccccn3)cc(-c3ccccc3)nc21. The molecule has 0 bridgehead atoms. The molecule has 0 radical (unpaired) electrons. The van der Waals surface area contributed by atoms with E-state index in [2.05, 4.69) is 17.0 Å². The second kappa shape index (κ2) is 7.95. The highest BCUT2D eigenvalue weighted by Gasteiger charge is 2.38. The van der Waals surface area contributed by atoms with Crippen LogP contribution in [0.5, 0.6) is 0 Å². The zero-order valence-electron chi connectivity index (χ0n) is 17.8. The highest BCUT2D eigenvalue weighted by molar-refractivity contribution is 6.06. The normalized spacial score (nSPS) is 14.5. The predicted octanol–water partition coefficient (Wildman–Crippen LogP) is 4.88. The molecule has 1 aliphatic rings. The van der Waals surface area contributed by atoms with Crippen LogP contribution in [0.1, 0.15) is 48.8 Å². The van der Waals surface area contributed by atoms with E-state index in [1.807, 2.05) is 71.1 Å². The number of carbonyl (C=O) groups excluding carboxylic acids is 1. The van der Waals surface area contributed by atoms with Gasteiger partial charge in [0.1, 0.15) is 0 Å². The number of aryl methyl sites for hydroxylation is 1. The van der Waals surface area contributed by atoms with Crippen LogP contribution in [0.15, 0.2) is 67.0 Å². The number of hydrogen-bond acceptors (Lipinski definition) is 4. The molecule has 4 aromatic rings. The molecule has 1 fully saturated rings. The van der Waals surface area contributed by atoms with Crippen LogP contribution >= 0.6 is 0 Å². The third kappa shape index (κ3) is 3.58. The minimum Gasteiger partial charge on any atom is -0.327 e. The van der Waals surface area contributed by atoms with E-state index in [-0.39, 0.29) is 18.0 Å². The number of amides is 1. The lowest BCUT2D eigenvalue weighted by Crippen LogP contribution is -2.36. The van der Waals surface area contributed by atoms with Gasteiger partial charge >= 0.3 is 0 Å². The van der Waals surface area contributed by atoms with E-state index in [9.17, 15) is 4.79 Å². The van der Waals surface area contributed by atoms with Gasteiger partial charge in [-0.15, -0.1) is 0 Å². The molecule has 6 heteroatoms. The molecular formula is C25H25N5O. The smallest absolute Gasteiger partial charge is 0.255 e. The van der Waals surface area contributed by atoms with Gasteiger partial charge < -0.3 is 4.90 Å². The topological polar surface area (TPSA) is 63.9 Å². The first-order valence-electron chi connectivity index (χ1n) is 10.8. The maximum Gasteiger partial charge on any atom is 0.255 e. The summed E-state index contributed by atoms with van der Waals surface area (Å²) >= 11 is 0. The molecule has 1 atom stereocenters. The third-order valence-corrected chi connectivity index (χ3v) is 5.92. The van der Waals surface area contributed by atoms with Gasteiger partial charge in [0.05, 0.1) is 34.6 Å². The van der Waals surface area contributed by atoms with Crippen molar-refractivity contribution in [1.82, 2.24) is 24.6 Å². The number of aromatic nitrogens is 4. The van der Waals surface area contributed by atoms with Crippen molar-refractivity contribution >= 4 is 16.9 Å². The summed E-state index contributed by atoms with van der Waals surface area (Å²) < 4.78 is 1.85. The number of pyridine rings is 2. The molecule has 6 nitrogen and oxygen atoms in total. The fourth-order valence-electron chi connectivity index (χ4n) is 4.13. The zero-order chi connectivity index (χ0) is 21.4. The summed E-state index contributed by atoms with van der Waals surface area (Å²) in [7, 11) is 0. The van der Waals surface area contributed by atoms with Crippen LogP contribution < -0.4 is 0 Å². The van der Waals surface area contributed by atoms with Crippen molar-refractivity contribution < 1.29 is 4.79 Å². The van der Waals surface area contributed by atoms with Crippen LogP contribution in [0.3, 0.4) is 0 Å². The third-order valence-electron chi connectivity index (χ3n) is 5.92. The quantitative estimate of drug-likeness (QED) is 0.454. The summed E-state index contributed by atoms with van der Waals surface area (Å²) in [4.78, 5) is 25.3. The summed E-state index contributed by atoms with van der Waals surface area (Å²) in [6.45, 7) is 4.79. The van der Waals surface area contributed by atoms with Crippen molar-refractivity contribution in [2.24, 2.45) is 0 Å². The molecule has 1 amide bonds. The summed E-state index contributed by atoms with van der Waals surface area (Å²) in [6.07, 6.45) is 5.60. The summed E-state index contributed by atoms with van der Waals surface area (Å²) in [5, 5.41) is 5.28. The zero-order valence-corrected chi connectivity index (χ0v) is 17.8. The molecule has 1 saturated carbocycles. The van der Waals surface area contributed by atoms with E-state index < -0.39 is 0 Å². The fraction of sp³-hybridized carbons (Fsp3) is 0.280. The van der Waals surface area contributed by atoms with E-state index in [1.165, 1.54) is 0 Å². The molecule has 5 rings (SSSR count). The Morgan fingerprint density at radius 3 is 2.61 bits per heavy atom. The van der Waals surface area contributed by atoms with E-state index >= 15 is 0 Å². The minimum absolute atomic E-state index is 0.0147. The van der Waals surface area contributed by atoms with Gasteiger partial charge in [-0.05, 0) is 44.9 Å². The molecule has 1 unspecified atom stereocenters. The molecule has 31 heavy (non-hydrogen) atoms. The Bertz CT molecular complexity index is 1210. The van der Waals surface area contributed by atoms with Crippen molar-refractivity contribution in [2.75, 3.05) is 0 Å². The van der Waals surface area contributed by atoms with Crippen molar-refractivity contribution in [1.29, 1.82) is 0 Å². The van der Waals surface area contributed by atoms with E-state index in [1.54, 1.807) is 12.4 Å². The van der Waals surface area contributed by atoms with E-state index in [0.717, 1.165) is 40.8 Å². The lowest BCUT2D eigenvalue weighted by Gasteiger charge is -2.29. The van der Waals surface area contributed by atoms with Crippen molar-refractivity contribution in [3.8, 4) is 11.3 Å². The van der Waals surface area contributed by atoms with Crippen molar-refractivity contribution in [2.45, 2.75) is 45.3 Å². The fourth-order valence-corrected chi connectivity index (χ4v) is 4.13. The lowest BCUT2D eigenvalue weighted by atomic mass is 10.0. The number of benzene rings is 1. The second-order valence-electron chi connectivity index (χ2n) is 7.99. The van der Waals surface area contributed by atoms with E-state index in [0.29, 0.717) is 12.1 Å². The Balaban J connectivity index is 1.64. The lowest BCUT2D eigenvalue weighted by molar-refractivity contribution is 0.0672. The average Bonchev–Trinajstić information content (AvgIpc) is 3.57. The van der Waals surface area contributed by atoms with Gasteiger partial charge in [-0.25, -0.2) is 9.67 Å². The van der Waals surface area contributed by atoms with E-state index in [4.69, 9.17) is 4.98 Å². The van der Waals surface area contributed by atoms with Crippen LogP contribution in [-0.2, 0) is 6.54 Å². The first-order chi connectivity index (χ1) is 15.2. The number of carbonyl (C=O) groups is 1. The van der Waals surface area contributed by atoms with Crippen molar-refractivity contribution in [3.63, 3.8) is 0 Å². The highest BCUT2D eigenvalue weighted by atomic mass is 16.2. The summed E-state index contributed by atoms with van der Waals surface area (Å²) in [6, 6.07) is 17.9. The molecule has 156 valence electrons. The van der Waals surface area contributed by atoms with Gasteiger partial charge in [0.25, 0.3) is 5.91 Å². The highest BCUT2D eigenvalue weighted by Crippen LogP contribution is 2.36. The van der Waals surface area contributed by atoms with Gasteiger partial charge in [0.2, 0.25) is 0 Å². The van der Waals surface area contributed by atoms with Crippen molar-refractivity contribution in [3.05, 3.63) is 78.2 Å². The number of rotatable bonds is 6. The molecule has 0 saturated heterocycles. The van der Waals surface area contributed by atoms with Crippen LogP contribution in [0.4, 0.5) is 0 Å². The van der Waals surface area contributed by atoms with Crippen LogP contribution in [0.25, 0.3) is 22.3 Å². The maximum absolute atomic E-state index is 14.0. The van der Waals surface area contributed by atoms with Gasteiger partial charge in [-0.3, -0.25) is 9.78 Å². The summed E-state index contributed by atoms with van der Waals surface area (Å²) in [5.74, 6) is 0.0147. The first kappa shape index (κ1) is 19.4. The molecule has 0 spiro atoms. The van der Waals surface area contributed by atoms with Crippen LogP contribution in [0.2, 0.25) is 0 Å². The Morgan fingerprint density at radius 2 is 1.94 bits per heavy atom. The van der Waals surface area contributed by atoms with Crippen LogP contribution in [0, 0.1) is 0 Å². The molecule has 1 aromatic carbocycles. The Morgan fingerprint density at radius 1 is 1.16 bits per heavy atom. The molecular weight excluding hydrogens is 386 g/mol. The molecule has 0 N–H and O–H groups in total. The van der Waals surface area contributed by atoms with Gasteiger partial charge in [0.15, 0.2) is 5.65 Å². The van der Waals surface area contributed by atoms with Gasteiger partial charge in [0, 0.05) is 24.3 Å². The average molecular weight is 412 g/mol. The maximum atomic E-state index is 14.0. The molecule has 3 heterocycles. The standard InChI is InChI=1S/C25H25N5O/c1-3-29-24-21(16-27-29)20(15-23(28-24)18-9-5-4-6-10-18)25(31)30(19-12-13-19)17(2)22-11-7-8-14-26-22/h4-11,14-17,19H,3,12-13H2,1-2H3. The molecule has 1 aliphatic carbocycles. The Kier molecular flexibility index (Phi) is 4.98. The molecule has 0 aliphatic heterocycles. The number of fused-ring (bicyclic) bond motifs is 1. The summed E-state index contributed by atoms with van der Waals surface area (Å²) in [5.41, 5.74) is 4.07. The molecule has 3 aromatic heterocycles. The Hall–Kier alpha value is -3.54. The minimum atomic E-state index is -0.106. The Labute approximate surface area is 181 Å². The first-order valence-corrected chi connectivity index (χ1v) is 10.8. The monoisotopic (exact) mass is 411 g/mol. The predicted molar refractivity (Wildman–Crippen MR) is 120 cm³/mol. The van der Waals surface area contributed by atoms with Gasteiger partial charge in [-0.2, -0.15) is 5.10 Å². The second-order valence-corrected chi connectivity index (χ2v) is 7.99. The number of nitrogens with zero attached hydrogens (tertiary/aromatic N) is 5.